The third kappa shape index (κ3) is 5.04. The largest absolute Gasteiger partial charge is 0.366 e. The lowest BCUT2D eigenvalue weighted by Gasteiger charge is -2.23. The van der Waals surface area contributed by atoms with Crippen LogP contribution in [-0.4, -0.2) is 17.4 Å². The first-order chi connectivity index (χ1) is 12.7. The lowest BCUT2D eigenvalue weighted by molar-refractivity contribution is 0.0999. The number of nitrogens with zero attached hydrogens (tertiary/aromatic N) is 1. The highest BCUT2D eigenvalue weighted by Gasteiger charge is 2.11. The number of amides is 1. The van der Waals surface area contributed by atoms with Gasteiger partial charge in [-0.05, 0) is 29.2 Å². The summed E-state index contributed by atoms with van der Waals surface area (Å²) in [6.07, 6.45) is 0.790. The van der Waals surface area contributed by atoms with E-state index in [0.717, 1.165) is 31.6 Å². The van der Waals surface area contributed by atoms with E-state index in [4.69, 9.17) is 5.73 Å². The van der Waals surface area contributed by atoms with Gasteiger partial charge in [-0.1, -0.05) is 78.9 Å². The molecule has 0 fully saturated rings. The van der Waals surface area contributed by atoms with Gasteiger partial charge in [0, 0.05) is 25.2 Å². The summed E-state index contributed by atoms with van der Waals surface area (Å²) in [7, 11) is 0. The van der Waals surface area contributed by atoms with Crippen LogP contribution < -0.4 is 5.73 Å². The SMILES string of the molecule is NC(=O)c1ccccc1CCN(Cc1ccccc1)Cc1ccccc1. The van der Waals surface area contributed by atoms with Gasteiger partial charge >= 0.3 is 0 Å². The van der Waals surface area contributed by atoms with E-state index in [1.165, 1.54) is 11.1 Å². The second-order valence-corrected chi connectivity index (χ2v) is 6.45. The van der Waals surface area contributed by atoms with Crippen LogP contribution in [0.1, 0.15) is 27.0 Å². The molecule has 0 atom stereocenters. The molecule has 0 aliphatic heterocycles. The molecule has 0 bridgehead atoms. The van der Waals surface area contributed by atoms with E-state index in [1.807, 2.05) is 30.3 Å². The molecule has 3 aromatic carbocycles. The van der Waals surface area contributed by atoms with Gasteiger partial charge in [0.15, 0.2) is 0 Å². The number of benzene rings is 3. The number of primary amides is 1. The average Bonchev–Trinajstić information content (AvgIpc) is 2.68. The molecular formula is C23H24N2O. The van der Waals surface area contributed by atoms with Crippen LogP contribution in [0.4, 0.5) is 0 Å². The topological polar surface area (TPSA) is 46.3 Å². The number of carbonyl (C=O) groups is 1. The molecule has 3 heteroatoms. The monoisotopic (exact) mass is 344 g/mol. The quantitative estimate of drug-likeness (QED) is 0.670. The maximum atomic E-state index is 11.7. The Morgan fingerprint density at radius 3 is 1.77 bits per heavy atom. The summed E-state index contributed by atoms with van der Waals surface area (Å²) in [5.74, 6) is -0.363. The van der Waals surface area contributed by atoms with Crippen LogP contribution >= 0.6 is 0 Å². The van der Waals surface area contributed by atoms with Crippen molar-refractivity contribution in [2.75, 3.05) is 6.54 Å². The normalized spacial score (nSPS) is 10.8. The molecule has 2 N–H and O–H groups in total. The molecular weight excluding hydrogens is 320 g/mol. The molecule has 3 nitrogen and oxygen atoms in total. The third-order valence-electron chi connectivity index (χ3n) is 4.48. The summed E-state index contributed by atoms with van der Waals surface area (Å²) in [5.41, 5.74) is 9.71. The van der Waals surface area contributed by atoms with E-state index in [-0.39, 0.29) is 5.91 Å². The molecule has 0 aliphatic carbocycles. The van der Waals surface area contributed by atoms with E-state index in [1.54, 1.807) is 6.07 Å². The predicted molar refractivity (Wildman–Crippen MR) is 106 cm³/mol. The zero-order valence-corrected chi connectivity index (χ0v) is 14.8. The number of rotatable bonds is 8. The van der Waals surface area contributed by atoms with Gasteiger partial charge in [-0.25, -0.2) is 0 Å². The van der Waals surface area contributed by atoms with E-state index in [9.17, 15) is 4.79 Å². The molecule has 0 saturated carbocycles. The van der Waals surface area contributed by atoms with Crippen LogP contribution in [0.5, 0.6) is 0 Å². The van der Waals surface area contributed by atoms with Gasteiger partial charge in [0.1, 0.15) is 0 Å². The fourth-order valence-electron chi connectivity index (χ4n) is 3.15. The van der Waals surface area contributed by atoms with Gasteiger partial charge < -0.3 is 5.73 Å². The van der Waals surface area contributed by atoms with Crippen molar-refractivity contribution in [3.63, 3.8) is 0 Å². The summed E-state index contributed by atoms with van der Waals surface area (Å²) in [4.78, 5) is 14.1. The Morgan fingerprint density at radius 2 is 1.23 bits per heavy atom. The predicted octanol–water partition coefficient (Wildman–Crippen LogP) is 4.03. The first-order valence-corrected chi connectivity index (χ1v) is 8.90. The lowest BCUT2D eigenvalue weighted by Crippen LogP contribution is -2.26. The molecule has 0 spiro atoms. The molecule has 0 heterocycles. The minimum Gasteiger partial charge on any atom is -0.366 e. The minimum atomic E-state index is -0.363. The maximum absolute atomic E-state index is 11.7. The van der Waals surface area contributed by atoms with Crippen molar-refractivity contribution in [3.8, 4) is 0 Å². The average molecular weight is 344 g/mol. The summed E-state index contributed by atoms with van der Waals surface area (Å²) in [6, 6.07) is 28.5. The van der Waals surface area contributed by atoms with Crippen molar-refractivity contribution in [1.82, 2.24) is 4.90 Å². The van der Waals surface area contributed by atoms with E-state index >= 15 is 0 Å². The van der Waals surface area contributed by atoms with Crippen molar-refractivity contribution in [1.29, 1.82) is 0 Å². The van der Waals surface area contributed by atoms with Gasteiger partial charge in [-0.15, -0.1) is 0 Å². The summed E-state index contributed by atoms with van der Waals surface area (Å²) in [6.45, 7) is 2.59. The fourth-order valence-corrected chi connectivity index (χ4v) is 3.15. The highest BCUT2D eigenvalue weighted by Crippen LogP contribution is 2.14. The molecule has 3 aromatic rings. The Hall–Kier alpha value is -2.91. The fraction of sp³-hybridized carbons (Fsp3) is 0.174. The van der Waals surface area contributed by atoms with Gasteiger partial charge in [0.25, 0.3) is 0 Å². The Kier molecular flexibility index (Phi) is 6.18. The molecule has 0 unspecified atom stereocenters. The molecule has 0 aliphatic rings. The van der Waals surface area contributed by atoms with E-state index < -0.39 is 0 Å². The Bertz CT molecular complexity index is 790. The van der Waals surface area contributed by atoms with Crippen LogP contribution in [0.15, 0.2) is 84.9 Å². The second-order valence-electron chi connectivity index (χ2n) is 6.45. The zero-order valence-electron chi connectivity index (χ0n) is 14.8. The first kappa shape index (κ1) is 17.9. The number of hydrogen-bond acceptors (Lipinski definition) is 2. The summed E-state index contributed by atoms with van der Waals surface area (Å²) < 4.78 is 0. The molecule has 0 saturated heterocycles. The Labute approximate surface area is 155 Å². The van der Waals surface area contributed by atoms with Crippen molar-refractivity contribution in [3.05, 3.63) is 107 Å². The van der Waals surface area contributed by atoms with Crippen molar-refractivity contribution in [2.24, 2.45) is 5.73 Å². The van der Waals surface area contributed by atoms with Gasteiger partial charge in [0.05, 0.1) is 0 Å². The Balaban J connectivity index is 1.74. The minimum absolute atomic E-state index is 0.363. The standard InChI is InChI=1S/C23H24N2O/c24-23(26)22-14-8-7-13-21(22)15-16-25(17-19-9-3-1-4-10-19)18-20-11-5-2-6-12-20/h1-14H,15-18H2,(H2,24,26). The van der Waals surface area contributed by atoms with Gasteiger partial charge in [0.2, 0.25) is 5.91 Å². The third-order valence-corrected chi connectivity index (χ3v) is 4.48. The second kappa shape index (κ2) is 8.97. The van der Waals surface area contributed by atoms with Gasteiger partial charge in [-0.3, -0.25) is 9.69 Å². The molecule has 132 valence electrons. The highest BCUT2D eigenvalue weighted by molar-refractivity contribution is 5.94. The van der Waals surface area contributed by atoms with Crippen LogP contribution in [0.3, 0.4) is 0 Å². The van der Waals surface area contributed by atoms with Gasteiger partial charge in [-0.2, -0.15) is 0 Å². The number of carbonyl (C=O) groups excluding carboxylic acids is 1. The summed E-state index contributed by atoms with van der Waals surface area (Å²) >= 11 is 0. The van der Waals surface area contributed by atoms with E-state index in [2.05, 4.69) is 53.4 Å². The van der Waals surface area contributed by atoms with Crippen LogP contribution in [0, 0.1) is 0 Å². The van der Waals surface area contributed by atoms with Crippen LogP contribution in [0.25, 0.3) is 0 Å². The molecule has 0 radical (unpaired) electrons. The van der Waals surface area contributed by atoms with Crippen molar-refractivity contribution < 1.29 is 4.79 Å². The van der Waals surface area contributed by atoms with Crippen molar-refractivity contribution in [2.45, 2.75) is 19.5 Å². The molecule has 26 heavy (non-hydrogen) atoms. The smallest absolute Gasteiger partial charge is 0.248 e. The lowest BCUT2D eigenvalue weighted by atomic mass is 10.0. The zero-order chi connectivity index (χ0) is 18.2. The Morgan fingerprint density at radius 1 is 0.731 bits per heavy atom. The number of nitrogens with two attached hydrogens (primary N) is 1. The molecule has 1 amide bonds. The highest BCUT2D eigenvalue weighted by atomic mass is 16.1. The van der Waals surface area contributed by atoms with Crippen LogP contribution in [-0.2, 0) is 19.5 Å². The first-order valence-electron chi connectivity index (χ1n) is 8.90. The number of hydrogen-bond donors (Lipinski definition) is 1. The maximum Gasteiger partial charge on any atom is 0.248 e. The molecule has 3 rings (SSSR count). The van der Waals surface area contributed by atoms with Crippen LogP contribution in [0.2, 0.25) is 0 Å². The summed E-state index contributed by atoms with van der Waals surface area (Å²) in [5, 5.41) is 0. The van der Waals surface area contributed by atoms with E-state index in [0.29, 0.717) is 5.56 Å². The van der Waals surface area contributed by atoms with Crippen molar-refractivity contribution >= 4 is 5.91 Å². The molecule has 0 aromatic heterocycles.